The van der Waals surface area contributed by atoms with E-state index in [-0.39, 0.29) is 5.97 Å². The van der Waals surface area contributed by atoms with E-state index in [9.17, 15) is 4.79 Å². The average Bonchev–Trinajstić information content (AvgIpc) is 2.64. The Morgan fingerprint density at radius 2 is 0.923 bits per heavy atom. The van der Waals surface area contributed by atoms with Crippen LogP contribution in [0.3, 0.4) is 0 Å². The lowest BCUT2D eigenvalue weighted by Crippen LogP contribution is -1.98. The van der Waals surface area contributed by atoms with Gasteiger partial charge in [0.05, 0.1) is 6.26 Å². The summed E-state index contributed by atoms with van der Waals surface area (Å²) >= 11 is 0. The predicted octanol–water partition coefficient (Wildman–Crippen LogP) is 8.50. The van der Waals surface area contributed by atoms with Crippen LogP contribution in [0.5, 0.6) is 0 Å². The number of carbonyl (C=O) groups is 1. The second-order valence-corrected chi connectivity index (χ2v) is 7.77. The van der Waals surface area contributed by atoms with Crippen molar-refractivity contribution in [2.24, 2.45) is 0 Å². The average molecular weight is 367 g/mol. The number of unbranched alkanes of at least 4 members (excludes halogenated alkanes) is 18. The minimum Gasteiger partial charge on any atom is -0.435 e. The number of rotatable bonds is 21. The van der Waals surface area contributed by atoms with Gasteiger partial charge in [-0.1, -0.05) is 129 Å². The normalized spacial score (nSPS) is 10.8. The summed E-state index contributed by atoms with van der Waals surface area (Å²) in [6.07, 6.45) is 27.8. The molecular formula is C24H46O2. The third kappa shape index (κ3) is 21.3. The molecule has 0 N–H and O–H groups in total. The van der Waals surface area contributed by atoms with Crippen LogP contribution >= 0.6 is 0 Å². The van der Waals surface area contributed by atoms with E-state index in [2.05, 4.69) is 13.5 Å². The zero-order valence-electron chi connectivity index (χ0n) is 17.7. The fraction of sp³-hybridized carbons (Fsp3) is 0.875. The van der Waals surface area contributed by atoms with Gasteiger partial charge in [-0.05, 0) is 6.42 Å². The van der Waals surface area contributed by atoms with Crippen molar-refractivity contribution in [3.8, 4) is 0 Å². The topological polar surface area (TPSA) is 26.3 Å². The van der Waals surface area contributed by atoms with Crippen molar-refractivity contribution >= 4 is 5.97 Å². The van der Waals surface area contributed by atoms with E-state index < -0.39 is 0 Å². The molecule has 0 aliphatic rings. The molecule has 26 heavy (non-hydrogen) atoms. The van der Waals surface area contributed by atoms with Gasteiger partial charge in [-0.3, -0.25) is 4.79 Å². The van der Waals surface area contributed by atoms with Crippen molar-refractivity contribution in [1.82, 2.24) is 0 Å². The molecule has 0 fully saturated rings. The Hall–Kier alpha value is -0.790. The van der Waals surface area contributed by atoms with Crippen molar-refractivity contribution in [2.75, 3.05) is 0 Å². The maximum absolute atomic E-state index is 11.1. The molecule has 0 radical (unpaired) electrons. The van der Waals surface area contributed by atoms with Gasteiger partial charge in [0.1, 0.15) is 0 Å². The standard InChI is InChI=1S/C24H46O2/c1-3-5-6-7-8-9-10-11-12-13-14-15-16-17-18-19-20-21-22-23-24(25)26-4-2/h4H,2-3,5-23H2,1H3. The fourth-order valence-electron chi connectivity index (χ4n) is 3.50. The lowest BCUT2D eigenvalue weighted by Gasteiger charge is -2.04. The molecule has 0 saturated carbocycles. The first-order valence-corrected chi connectivity index (χ1v) is 11.6. The van der Waals surface area contributed by atoms with Crippen molar-refractivity contribution < 1.29 is 9.53 Å². The smallest absolute Gasteiger partial charge is 0.310 e. The number of hydrogen-bond donors (Lipinski definition) is 0. The van der Waals surface area contributed by atoms with Crippen molar-refractivity contribution in [3.05, 3.63) is 12.8 Å². The molecule has 0 aliphatic heterocycles. The van der Waals surface area contributed by atoms with Crippen LogP contribution in [0.2, 0.25) is 0 Å². The summed E-state index contributed by atoms with van der Waals surface area (Å²) in [5.74, 6) is -0.146. The maximum Gasteiger partial charge on any atom is 0.310 e. The summed E-state index contributed by atoms with van der Waals surface area (Å²) < 4.78 is 4.70. The monoisotopic (exact) mass is 366 g/mol. The zero-order chi connectivity index (χ0) is 19.1. The number of carbonyl (C=O) groups excluding carboxylic acids is 1. The summed E-state index contributed by atoms with van der Waals surface area (Å²) in [6.45, 7) is 5.68. The number of hydrogen-bond acceptors (Lipinski definition) is 2. The molecule has 0 heterocycles. The van der Waals surface area contributed by atoms with E-state index in [1.165, 1.54) is 115 Å². The van der Waals surface area contributed by atoms with Gasteiger partial charge in [0.2, 0.25) is 0 Å². The highest BCUT2D eigenvalue weighted by atomic mass is 16.5. The van der Waals surface area contributed by atoms with Crippen LogP contribution in [0.25, 0.3) is 0 Å². The highest BCUT2D eigenvalue weighted by Crippen LogP contribution is 2.14. The molecule has 0 aromatic rings. The van der Waals surface area contributed by atoms with Gasteiger partial charge < -0.3 is 4.74 Å². The van der Waals surface area contributed by atoms with E-state index >= 15 is 0 Å². The van der Waals surface area contributed by atoms with Gasteiger partial charge in [0.15, 0.2) is 0 Å². The van der Waals surface area contributed by atoms with Crippen molar-refractivity contribution in [2.45, 2.75) is 135 Å². The van der Waals surface area contributed by atoms with Crippen LogP contribution in [-0.2, 0) is 9.53 Å². The molecule has 0 spiro atoms. The minimum absolute atomic E-state index is 0.146. The lowest BCUT2D eigenvalue weighted by atomic mass is 10.0. The van der Waals surface area contributed by atoms with Gasteiger partial charge in [-0.2, -0.15) is 0 Å². The molecule has 0 atom stereocenters. The van der Waals surface area contributed by atoms with Crippen molar-refractivity contribution in [3.63, 3.8) is 0 Å². The van der Waals surface area contributed by atoms with Gasteiger partial charge in [-0.25, -0.2) is 0 Å². The van der Waals surface area contributed by atoms with Gasteiger partial charge in [0.25, 0.3) is 0 Å². The van der Waals surface area contributed by atoms with Crippen LogP contribution in [0.4, 0.5) is 0 Å². The van der Waals surface area contributed by atoms with Crippen LogP contribution in [0, 0.1) is 0 Å². The summed E-state index contributed by atoms with van der Waals surface area (Å²) in [5, 5.41) is 0. The minimum atomic E-state index is -0.146. The maximum atomic E-state index is 11.1. The Bertz CT molecular complexity index is 299. The highest BCUT2D eigenvalue weighted by Gasteiger charge is 2.00. The van der Waals surface area contributed by atoms with E-state index in [0.29, 0.717) is 6.42 Å². The molecule has 0 saturated heterocycles. The Labute approximate surface area is 164 Å². The quantitative estimate of drug-likeness (QED) is 0.116. The molecule has 2 heteroatoms. The molecule has 0 bridgehead atoms. The van der Waals surface area contributed by atoms with Crippen LogP contribution in [0.15, 0.2) is 12.8 Å². The Morgan fingerprint density at radius 1 is 0.615 bits per heavy atom. The fourth-order valence-corrected chi connectivity index (χ4v) is 3.50. The second kappa shape index (κ2) is 22.3. The summed E-state index contributed by atoms with van der Waals surface area (Å²) in [6, 6.07) is 0. The first kappa shape index (κ1) is 25.2. The second-order valence-electron chi connectivity index (χ2n) is 7.77. The molecular weight excluding hydrogens is 320 g/mol. The molecule has 0 aromatic heterocycles. The predicted molar refractivity (Wildman–Crippen MR) is 114 cm³/mol. The summed E-state index contributed by atoms with van der Waals surface area (Å²) in [4.78, 5) is 11.1. The highest BCUT2D eigenvalue weighted by molar-refractivity contribution is 5.69. The third-order valence-corrected chi connectivity index (χ3v) is 5.20. The number of ether oxygens (including phenoxy) is 1. The molecule has 0 aliphatic carbocycles. The molecule has 0 unspecified atom stereocenters. The Kier molecular flexibility index (Phi) is 21.6. The van der Waals surface area contributed by atoms with E-state index in [1.807, 2.05) is 0 Å². The lowest BCUT2D eigenvalue weighted by molar-refractivity contribution is -0.138. The third-order valence-electron chi connectivity index (χ3n) is 5.20. The first-order chi connectivity index (χ1) is 12.8. The largest absolute Gasteiger partial charge is 0.435 e. The van der Waals surface area contributed by atoms with Gasteiger partial charge in [-0.15, -0.1) is 0 Å². The zero-order valence-corrected chi connectivity index (χ0v) is 17.7. The molecule has 2 nitrogen and oxygen atoms in total. The molecule has 0 aromatic carbocycles. The SMILES string of the molecule is C=COC(=O)CCCCCCCCCCCCCCCCCCCCC. The van der Waals surface area contributed by atoms with Gasteiger partial charge >= 0.3 is 5.97 Å². The molecule has 0 amide bonds. The first-order valence-electron chi connectivity index (χ1n) is 11.6. The summed E-state index contributed by atoms with van der Waals surface area (Å²) in [7, 11) is 0. The van der Waals surface area contributed by atoms with Crippen molar-refractivity contribution in [1.29, 1.82) is 0 Å². The Balaban J connectivity index is 3.03. The molecule has 0 rings (SSSR count). The number of esters is 1. The van der Waals surface area contributed by atoms with Crippen LogP contribution in [0.1, 0.15) is 135 Å². The van der Waals surface area contributed by atoms with E-state index in [4.69, 9.17) is 4.74 Å². The van der Waals surface area contributed by atoms with E-state index in [0.717, 1.165) is 12.8 Å². The van der Waals surface area contributed by atoms with Crippen LogP contribution in [-0.4, -0.2) is 5.97 Å². The molecule has 154 valence electrons. The van der Waals surface area contributed by atoms with E-state index in [1.54, 1.807) is 0 Å². The Morgan fingerprint density at radius 3 is 1.23 bits per heavy atom. The summed E-state index contributed by atoms with van der Waals surface area (Å²) in [5.41, 5.74) is 0. The van der Waals surface area contributed by atoms with Gasteiger partial charge in [0, 0.05) is 6.42 Å². The van der Waals surface area contributed by atoms with Crippen LogP contribution < -0.4 is 0 Å².